The third-order valence-electron chi connectivity index (χ3n) is 5.40. The van der Waals surface area contributed by atoms with Gasteiger partial charge in [-0.15, -0.1) is 0 Å². The Hall–Kier alpha value is -2.49. The molecule has 0 saturated heterocycles. The maximum Gasteiger partial charge on any atom is 0.258 e. The molecule has 0 fully saturated rings. The number of amides is 1. The molecule has 4 aromatic rings. The van der Waals surface area contributed by atoms with Crippen molar-refractivity contribution in [2.75, 3.05) is 5.32 Å². The van der Waals surface area contributed by atoms with Gasteiger partial charge in [-0.05, 0) is 95.2 Å². The second-order valence-corrected chi connectivity index (χ2v) is 9.62. The lowest BCUT2D eigenvalue weighted by Crippen LogP contribution is -2.34. The number of hydrogen-bond acceptors (Lipinski definition) is 4. The minimum atomic E-state index is -0.291. The molecule has 0 aliphatic rings. The van der Waals surface area contributed by atoms with Crippen molar-refractivity contribution in [3.63, 3.8) is 0 Å². The molecule has 0 aliphatic carbocycles. The lowest BCUT2D eigenvalue weighted by Gasteiger charge is -2.12. The summed E-state index contributed by atoms with van der Waals surface area (Å²) in [7, 11) is 0. The Bertz CT molecular complexity index is 1350. The van der Waals surface area contributed by atoms with Crippen molar-refractivity contribution in [1.82, 2.24) is 10.3 Å². The van der Waals surface area contributed by atoms with Crippen LogP contribution in [-0.2, 0) is 0 Å². The summed E-state index contributed by atoms with van der Waals surface area (Å²) in [6.45, 7) is 4.36. The number of halogens is 2. The number of aromatic nitrogens is 1. The van der Waals surface area contributed by atoms with Gasteiger partial charge in [-0.2, -0.15) is 0 Å². The van der Waals surface area contributed by atoms with Gasteiger partial charge in [0, 0.05) is 9.13 Å². The van der Waals surface area contributed by atoms with Crippen molar-refractivity contribution < 1.29 is 9.21 Å². The molecule has 1 atom stereocenters. The molecule has 0 saturated carbocycles. The average molecular weight is 590 g/mol. The molecule has 0 spiro atoms. The van der Waals surface area contributed by atoms with Crippen LogP contribution in [0.3, 0.4) is 0 Å². The molecule has 1 amide bonds. The van der Waals surface area contributed by atoms with Crippen LogP contribution < -0.4 is 10.6 Å². The van der Waals surface area contributed by atoms with Gasteiger partial charge in [0.25, 0.3) is 5.91 Å². The summed E-state index contributed by atoms with van der Waals surface area (Å²) in [5.74, 6) is 0.650. The third-order valence-corrected chi connectivity index (χ3v) is 6.87. The van der Waals surface area contributed by atoms with E-state index in [4.69, 9.17) is 28.2 Å². The Morgan fingerprint density at radius 1 is 1.18 bits per heavy atom. The highest BCUT2D eigenvalue weighted by Gasteiger charge is 2.15. The van der Waals surface area contributed by atoms with Crippen LogP contribution in [0, 0.1) is 3.57 Å². The molecule has 0 radical (unpaired) electrons. The second-order valence-electron chi connectivity index (χ2n) is 7.64. The zero-order valence-corrected chi connectivity index (χ0v) is 21.7. The molecular weight excluding hydrogens is 569 g/mol. The minimum absolute atomic E-state index is 0.148. The number of carbonyl (C=O) groups excluding carboxylic acids is 1. The normalized spacial score (nSPS) is 11.9. The summed E-state index contributed by atoms with van der Waals surface area (Å²) in [6, 6.07) is 18.8. The molecule has 3 aromatic carbocycles. The minimum Gasteiger partial charge on any atom is -0.436 e. The highest BCUT2D eigenvalue weighted by atomic mass is 127. The quantitative estimate of drug-likeness (QED) is 0.188. The lowest BCUT2D eigenvalue weighted by atomic mass is 9.98. The number of anilines is 1. The fraction of sp³-hybridized carbons (Fsp3) is 0.160. The maximum atomic E-state index is 12.5. The van der Waals surface area contributed by atoms with Gasteiger partial charge in [0.15, 0.2) is 10.7 Å². The van der Waals surface area contributed by atoms with Crippen LogP contribution in [-0.4, -0.2) is 16.0 Å². The Morgan fingerprint density at radius 2 is 1.97 bits per heavy atom. The summed E-state index contributed by atoms with van der Waals surface area (Å²) in [4.78, 5) is 17.2. The molecule has 5 nitrogen and oxygen atoms in total. The van der Waals surface area contributed by atoms with Crippen molar-refractivity contribution >= 4 is 74.2 Å². The standard InChI is InChI=1S/C25H21ClIN3O2S/c1-3-14(2)15-9-11-22-21(12-15)28-24(32-22)16-8-10-18(26)20(13-16)29-25(33)30-23(31)17-6-4-5-7-19(17)27/h4-14H,3H2,1-2H3,(H2,29,30,31,33). The number of rotatable bonds is 5. The number of hydrogen-bond donors (Lipinski definition) is 2. The van der Waals surface area contributed by atoms with Crippen molar-refractivity contribution in [1.29, 1.82) is 0 Å². The summed E-state index contributed by atoms with van der Waals surface area (Å²) in [5, 5.41) is 6.30. The lowest BCUT2D eigenvalue weighted by molar-refractivity contribution is 0.0977. The third kappa shape index (κ3) is 5.37. The molecule has 0 bridgehead atoms. The zero-order chi connectivity index (χ0) is 23.5. The first-order valence-corrected chi connectivity index (χ1v) is 12.3. The van der Waals surface area contributed by atoms with Gasteiger partial charge in [-0.25, -0.2) is 4.98 Å². The van der Waals surface area contributed by atoms with Crippen molar-refractivity contribution in [2.45, 2.75) is 26.2 Å². The highest BCUT2D eigenvalue weighted by molar-refractivity contribution is 14.1. The van der Waals surface area contributed by atoms with Crippen LogP contribution in [0.15, 0.2) is 65.1 Å². The number of oxazole rings is 1. The highest BCUT2D eigenvalue weighted by Crippen LogP contribution is 2.31. The van der Waals surface area contributed by atoms with E-state index in [9.17, 15) is 4.79 Å². The molecule has 2 N–H and O–H groups in total. The van der Waals surface area contributed by atoms with Crippen molar-refractivity contribution in [3.05, 3.63) is 80.4 Å². The van der Waals surface area contributed by atoms with Crippen LogP contribution >= 0.6 is 46.4 Å². The topological polar surface area (TPSA) is 67.2 Å². The van der Waals surface area contributed by atoms with Crippen LogP contribution in [0.5, 0.6) is 0 Å². The van der Waals surface area contributed by atoms with Crippen LogP contribution in [0.1, 0.15) is 42.1 Å². The van der Waals surface area contributed by atoms with Crippen molar-refractivity contribution in [3.8, 4) is 11.5 Å². The van der Waals surface area contributed by atoms with E-state index in [-0.39, 0.29) is 11.0 Å². The van der Waals surface area contributed by atoms with Gasteiger partial charge in [-0.1, -0.05) is 43.6 Å². The largest absolute Gasteiger partial charge is 0.436 e. The van der Waals surface area contributed by atoms with Crippen molar-refractivity contribution in [2.24, 2.45) is 0 Å². The Morgan fingerprint density at radius 3 is 2.73 bits per heavy atom. The average Bonchev–Trinajstić information content (AvgIpc) is 3.23. The number of thiocarbonyl (C=S) groups is 1. The van der Waals surface area contributed by atoms with E-state index < -0.39 is 0 Å². The monoisotopic (exact) mass is 589 g/mol. The molecule has 4 rings (SSSR count). The predicted octanol–water partition coefficient (Wildman–Crippen LogP) is 7.39. The predicted molar refractivity (Wildman–Crippen MR) is 146 cm³/mol. The van der Waals surface area contributed by atoms with Gasteiger partial charge >= 0.3 is 0 Å². The number of fused-ring (bicyclic) bond motifs is 1. The Kier molecular flexibility index (Phi) is 7.31. The molecule has 168 valence electrons. The van der Waals surface area contributed by atoms with Gasteiger partial charge < -0.3 is 9.73 Å². The van der Waals surface area contributed by atoms with E-state index >= 15 is 0 Å². The second kappa shape index (κ2) is 10.2. The van der Waals surface area contributed by atoms with E-state index in [0.29, 0.717) is 28.1 Å². The molecular formula is C25H21ClIN3O2S. The van der Waals surface area contributed by atoms with Gasteiger partial charge in [0.1, 0.15) is 5.52 Å². The summed E-state index contributed by atoms with van der Waals surface area (Å²) >= 11 is 13.8. The Labute approximate surface area is 216 Å². The van der Waals surface area contributed by atoms with E-state index in [1.54, 1.807) is 24.3 Å². The number of benzene rings is 3. The first-order valence-electron chi connectivity index (χ1n) is 10.4. The zero-order valence-electron chi connectivity index (χ0n) is 18.0. The number of carbonyl (C=O) groups is 1. The molecule has 1 heterocycles. The number of nitrogens with zero attached hydrogens (tertiary/aromatic N) is 1. The molecule has 8 heteroatoms. The molecule has 33 heavy (non-hydrogen) atoms. The SMILES string of the molecule is CCC(C)c1ccc2oc(-c3ccc(Cl)c(NC(=S)NC(=O)c4ccccc4I)c3)nc2c1. The van der Waals surface area contributed by atoms with Crippen LogP contribution in [0.2, 0.25) is 5.02 Å². The first-order chi connectivity index (χ1) is 15.9. The summed E-state index contributed by atoms with van der Waals surface area (Å²) < 4.78 is 6.81. The maximum absolute atomic E-state index is 12.5. The van der Waals surface area contributed by atoms with E-state index in [0.717, 1.165) is 26.7 Å². The fourth-order valence-corrected chi connectivity index (χ4v) is 4.33. The van der Waals surface area contributed by atoms with Crippen LogP contribution in [0.25, 0.3) is 22.6 Å². The van der Waals surface area contributed by atoms with Gasteiger partial charge in [0.05, 0.1) is 16.3 Å². The van der Waals surface area contributed by atoms with Gasteiger partial charge in [-0.3, -0.25) is 10.1 Å². The Balaban J connectivity index is 1.55. The molecule has 1 unspecified atom stereocenters. The van der Waals surface area contributed by atoms with E-state index in [1.165, 1.54) is 5.56 Å². The summed E-state index contributed by atoms with van der Waals surface area (Å²) in [5.41, 5.74) is 4.61. The number of nitrogens with one attached hydrogen (secondary N) is 2. The van der Waals surface area contributed by atoms with Gasteiger partial charge in [0.2, 0.25) is 5.89 Å². The summed E-state index contributed by atoms with van der Waals surface area (Å²) in [6.07, 6.45) is 1.06. The first kappa shape index (κ1) is 23.7. The van der Waals surface area contributed by atoms with E-state index in [2.05, 4.69) is 64.2 Å². The molecule has 1 aromatic heterocycles. The molecule has 0 aliphatic heterocycles. The van der Waals surface area contributed by atoms with Crippen LogP contribution in [0.4, 0.5) is 5.69 Å². The van der Waals surface area contributed by atoms with E-state index in [1.807, 2.05) is 24.3 Å². The smallest absolute Gasteiger partial charge is 0.258 e. The fourth-order valence-electron chi connectivity index (χ4n) is 3.33.